The number of aliphatic hydroxyl groups excluding tert-OH is 1. The molecule has 1 rings (SSSR count). The maximum atomic E-state index is 11.8. The summed E-state index contributed by atoms with van der Waals surface area (Å²) >= 11 is 0. The molecule has 0 spiro atoms. The molecule has 0 aliphatic heterocycles. The average molecular weight is 262 g/mol. The number of hydrogen-bond donors (Lipinski definition) is 3. The zero-order chi connectivity index (χ0) is 12.9. The van der Waals surface area contributed by atoms with Gasteiger partial charge in [-0.1, -0.05) is 0 Å². The fourth-order valence-corrected chi connectivity index (χ4v) is 2.69. The van der Waals surface area contributed by atoms with Gasteiger partial charge in [-0.25, -0.2) is 13.1 Å². The van der Waals surface area contributed by atoms with Gasteiger partial charge in [0.25, 0.3) is 0 Å². The van der Waals surface area contributed by atoms with Crippen LogP contribution in [0.1, 0.15) is 19.3 Å². The van der Waals surface area contributed by atoms with Crippen molar-refractivity contribution in [2.75, 3.05) is 20.3 Å². The summed E-state index contributed by atoms with van der Waals surface area (Å²) < 4.78 is 30.9. The summed E-state index contributed by atoms with van der Waals surface area (Å²) in [6, 6.07) is 0. The maximum absolute atomic E-state index is 11.8. The van der Waals surface area contributed by atoms with Crippen LogP contribution >= 0.6 is 0 Å². The minimum absolute atomic E-state index is 0.0448. The van der Waals surface area contributed by atoms with Gasteiger partial charge in [0, 0.05) is 26.7 Å². The summed E-state index contributed by atoms with van der Waals surface area (Å²) in [6.45, 7) is 0.827. The van der Waals surface area contributed by atoms with E-state index in [1.807, 2.05) is 0 Å². The second kappa shape index (κ2) is 6.04. The monoisotopic (exact) mass is 262 g/mol. The minimum Gasteiger partial charge on any atom is -0.510 e. The Hall–Kier alpha value is -1.05. The van der Waals surface area contributed by atoms with Crippen molar-refractivity contribution in [1.29, 1.82) is 0 Å². The molecule has 0 atom stereocenters. The van der Waals surface area contributed by atoms with E-state index in [0.717, 1.165) is 0 Å². The lowest BCUT2D eigenvalue weighted by Gasteiger charge is -2.15. The van der Waals surface area contributed by atoms with Gasteiger partial charge in [-0.3, -0.25) is 0 Å². The first kappa shape index (κ1) is 14.0. The lowest BCUT2D eigenvalue weighted by molar-refractivity contribution is 0.196. The maximum Gasteiger partial charge on any atom is 0.236 e. The van der Waals surface area contributed by atoms with Crippen molar-refractivity contribution in [1.82, 2.24) is 4.72 Å². The van der Waals surface area contributed by atoms with Crippen molar-refractivity contribution >= 4 is 10.0 Å². The number of aliphatic hydroxyl groups is 1. The molecule has 0 heterocycles. The Bertz CT molecular complexity index is 426. The number of hydrogen-bond acceptors (Lipinski definition) is 5. The number of allylic oxidation sites excluding steroid dienone is 3. The third-order valence-corrected chi connectivity index (χ3v) is 4.02. The highest BCUT2D eigenvalue weighted by molar-refractivity contribution is 7.93. The van der Waals surface area contributed by atoms with E-state index in [-0.39, 0.29) is 29.2 Å². The number of methoxy groups -OCH3 is 1. The Kier molecular flexibility index (Phi) is 4.98. The van der Waals surface area contributed by atoms with Crippen LogP contribution in [-0.2, 0) is 14.8 Å². The largest absolute Gasteiger partial charge is 0.510 e. The molecule has 0 radical (unpaired) electrons. The van der Waals surface area contributed by atoms with Crippen LogP contribution in [-0.4, -0.2) is 33.8 Å². The first-order valence-electron chi connectivity index (χ1n) is 5.34. The first-order valence-corrected chi connectivity index (χ1v) is 6.82. The molecule has 0 saturated heterocycles. The van der Waals surface area contributed by atoms with Gasteiger partial charge < -0.3 is 15.6 Å². The van der Waals surface area contributed by atoms with Crippen LogP contribution in [0.2, 0.25) is 0 Å². The normalized spacial score (nSPS) is 17.1. The van der Waals surface area contributed by atoms with Crippen molar-refractivity contribution in [3.8, 4) is 0 Å². The molecular formula is C10H18N2O4S. The molecule has 0 aromatic carbocycles. The predicted octanol–water partition coefficient (Wildman–Crippen LogP) is 0.348. The third-order valence-electron chi connectivity index (χ3n) is 2.42. The van der Waals surface area contributed by atoms with E-state index in [0.29, 0.717) is 19.6 Å². The van der Waals surface area contributed by atoms with E-state index < -0.39 is 10.0 Å². The Morgan fingerprint density at radius 3 is 2.82 bits per heavy atom. The molecule has 0 amide bonds. The highest BCUT2D eigenvalue weighted by Crippen LogP contribution is 2.22. The number of sulfonamides is 1. The molecule has 7 heteroatoms. The smallest absolute Gasteiger partial charge is 0.236 e. The molecule has 6 nitrogen and oxygen atoms in total. The van der Waals surface area contributed by atoms with Crippen LogP contribution in [0.4, 0.5) is 0 Å². The second-order valence-corrected chi connectivity index (χ2v) is 5.58. The fourth-order valence-electron chi connectivity index (χ4n) is 1.44. The molecule has 98 valence electrons. The van der Waals surface area contributed by atoms with Gasteiger partial charge in [0.1, 0.15) is 5.76 Å². The zero-order valence-electron chi connectivity index (χ0n) is 9.77. The van der Waals surface area contributed by atoms with Crippen LogP contribution in [0.5, 0.6) is 0 Å². The van der Waals surface area contributed by atoms with E-state index in [2.05, 4.69) is 4.72 Å². The SMILES string of the molecule is COCCCNS(=O)(=O)C1=CC(N)=C(O)CC1. The Labute approximate surface area is 101 Å². The van der Waals surface area contributed by atoms with Gasteiger partial charge in [0.15, 0.2) is 0 Å². The van der Waals surface area contributed by atoms with Gasteiger partial charge >= 0.3 is 0 Å². The quantitative estimate of drug-likeness (QED) is 0.599. The molecule has 0 aromatic rings. The van der Waals surface area contributed by atoms with Crippen molar-refractivity contribution in [3.63, 3.8) is 0 Å². The summed E-state index contributed by atoms with van der Waals surface area (Å²) in [6.07, 6.45) is 2.44. The summed E-state index contributed by atoms with van der Waals surface area (Å²) in [7, 11) is -1.93. The molecule has 0 saturated carbocycles. The molecule has 0 aromatic heterocycles. The van der Waals surface area contributed by atoms with E-state index in [9.17, 15) is 13.5 Å². The predicted molar refractivity (Wildman–Crippen MR) is 64.6 cm³/mol. The van der Waals surface area contributed by atoms with Crippen LogP contribution < -0.4 is 10.5 Å². The number of nitrogens with one attached hydrogen (secondary N) is 1. The summed E-state index contributed by atoms with van der Waals surface area (Å²) in [5.41, 5.74) is 5.60. The molecule has 4 N–H and O–H groups in total. The number of ether oxygens (including phenoxy) is 1. The highest BCUT2D eigenvalue weighted by Gasteiger charge is 2.21. The summed E-state index contributed by atoms with van der Waals surface area (Å²) in [5.74, 6) is 0.0448. The summed E-state index contributed by atoms with van der Waals surface area (Å²) in [4.78, 5) is 0.213. The molecule has 1 aliphatic rings. The van der Waals surface area contributed by atoms with Crippen LogP contribution in [0.15, 0.2) is 22.4 Å². The molecule has 0 unspecified atom stereocenters. The highest BCUT2D eigenvalue weighted by atomic mass is 32.2. The van der Waals surface area contributed by atoms with Crippen LogP contribution in [0.25, 0.3) is 0 Å². The minimum atomic E-state index is -3.49. The summed E-state index contributed by atoms with van der Waals surface area (Å²) in [5, 5.41) is 9.29. The molecule has 1 aliphatic carbocycles. The van der Waals surface area contributed by atoms with Crippen molar-refractivity contribution in [2.45, 2.75) is 19.3 Å². The van der Waals surface area contributed by atoms with Gasteiger partial charge in [0.2, 0.25) is 10.0 Å². The lowest BCUT2D eigenvalue weighted by Crippen LogP contribution is -2.28. The lowest BCUT2D eigenvalue weighted by atomic mass is 10.1. The zero-order valence-corrected chi connectivity index (χ0v) is 10.6. The molecule has 0 bridgehead atoms. The third kappa shape index (κ3) is 4.03. The van der Waals surface area contributed by atoms with Crippen molar-refractivity contribution in [2.24, 2.45) is 5.73 Å². The Morgan fingerprint density at radius 2 is 2.24 bits per heavy atom. The number of nitrogens with two attached hydrogens (primary N) is 1. The fraction of sp³-hybridized carbons (Fsp3) is 0.600. The van der Waals surface area contributed by atoms with Crippen LogP contribution in [0.3, 0.4) is 0 Å². The van der Waals surface area contributed by atoms with Gasteiger partial charge in [0.05, 0.1) is 10.6 Å². The first-order chi connectivity index (χ1) is 7.97. The topological polar surface area (TPSA) is 102 Å². The average Bonchev–Trinajstić information content (AvgIpc) is 2.28. The Balaban J connectivity index is 2.63. The van der Waals surface area contributed by atoms with E-state index >= 15 is 0 Å². The van der Waals surface area contributed by atoms with E-state index in [1.165, 1.54) is 6.08 Å². The molecular weight excluding hydrogens is 244 g/mol. The number of rotatable bonds is 6. The van der Waals surface area contributed by atoms with Gasteiger partial charge in [-0.15, -0.1) is 0 Å². The van der Waals surface area contributed by atoms with E-state index in [4.69, 9.17) is 10.5 Å². The van der Waals surface area contributed by atoms with Crippen LogP contribution in [0, 0.1) is 0 Å². The van der Waals surface area contributed by atoms with Gasteiger partial charge in [-0.05, 0) is 18.9 Å². The molecule has 17 heavy (non-hydrogen) atoms. The standard InChI is InChI=1S/C10H18N2O4S/c1-16-6-2-5-12-17(14,15)8-3-4-10(13)9(11)7-8/h7,12-13H,2-6,11H2,1H3. The Morgan fingerprint density at radius 1 is 1.53 bits per heavy atom. The molecule has 0 fully saturated rings. The second-order valence-electron chi connectivity index (χ2n) is 3.76. The van der Waals surface area contributed by atoms with E-state index in [1.54, 1.807) is 7.11 Å². The van der Waals surface area contributed by atoms with Crippen molar-refractivity contribution in [3.05, 3.63) is 22.4 Å². The van der Waals surface area contributed by atoms with Crippen molar-refractivity contribution < 1.29 is 18.3 Å². The van der Waals surface area contributed by atoms with Gasteiger partial charge in [-0.2, -0.15) is 0 Å².